The molecule has 0 fully saturated rings. The quantitative estimate of drug-likeness (QED) is 0.631. The average molecular weight is 361 g/mol. The molecule has 22 heavy (non-hydrogen) atoms. The van der Waals surface area contributed by atoms with Crippen molar-refractivity contribution in [3.8, 4) is 0 Å². The first-order valence-corrected chi connectivity index (χ1v) is 8.97. The summed E-state index contributed by atoms with van der Waals surface area (Å²) >= 11 is 6.72. The third-order valence-electron chi connectivity index (χ3n) is 3.07. The van der Waals surface area contributed by atoms with Gasteiger partial charge in [0.2, 0.25) is 10.0 Å². The molecule has 0 spiro atoms. The molecule has 0 saturated carbocycles. The Balaban J connectivity index is 2.03. The van der Waals surface area contributed by atoms with Crippen LogP contribution in [0.15, 0.2) is 40.6 Å². The monoisotopic (exact) mass is 360 g/mol. The van der Waals surface area contributed by atoms with Gasteiger partial charge in [-0.1, -0.05) is 30.7 Å². The summed E-state index contributed by atoms with van der Waals surface area (Å²) in [6.45, 7) is 2.03. The Labute approximate surface area is 136 Å². The number of nitro benzene ring substituents is 1. The lowest BCUT2D eigenvalue weighted by atomic mass is 10.0. The van der Waals surface area contributed by atoms with E-state index in [9.17, 15) is 18.5 Å². The van der Waals surface area contributed by atoms with Gasteiger partial charge in [-0.25, -0.2) is 13.1 Å². The smallest absolute Gasteiger partial charge is 0.258 e. The number of non-ortho nitro benzene ring substituents is 1. The predicted molar refractivity (Wildman–Crippen MR) is 86.0 cm³/mol. The maximum absolute atomic E-state index is 12.1. The highest BCUT2D eigenvalue weighted by Gasteiger charge is 2.18. The highest BCUT2D eigenvalue weighted by molar-refractivity contribution is 7.91. The lowest BCUT2D eigenvalue weighted by Crippen LogP contribution is -2.27. The number of rotatable bonds is 6. The van der Waals surface area contributed by atoms with E-state index >= 15 is 0 Å². The number of benzene rings is 1. The normalized spacial score (nSPS) is 13.0. The number of nitrogens with zero attached hydrogens (tertiary/aromatic N) is 1. The van der Waals surface area contributed by atoms with Crippen molar-refractivity contribution in [2.45, 2.75) is 17.1 Å². The van der Waals surface area contributed by atoms with Crippen LogP contribution in [0.25, 0.3) is 0 Å². The molecule has 0 aliphatic rings. The first-order chi connectivity index (χ1) is 10.3. The predicted octanol–water partition coefficient (Wildman–Crippen LogP) is 3.39. The lowest BCUT2D eigenvalue weighted by molar-refractivity contribution is -0.384. The number of hydrogen-bond acceptors (Lipinski definition) is 5. The summed E-state index contributed by atoms with van der Waals surface area (Å²) < 4.78 is 27.2. The third-order valence-corrected chi connectivity index (χ3v) is 6.21. The first kappa shape index (κ1) is 16.9. The standard InChI is InChI=1S/C13H13ClN2O4S2/c1-9(10-2-4-11(5-3-10)16(17)18)8-15-22(19,20)13-7-6-12(14)21-13/h2-7,9,15H,8H2,1H3. The molecule has 1 N–H and O–H groups in total. The molecule has 0 aliphatic carbocycles. The van der Waals surface area contributed by atoms with Crippen LogP contribution in [0.4, 0.5) is 5.69 Å². The Morgan fingerprint density at radius 1 is 1.27 bits per heavy atom. The molecule has 1 aromatic heterocycles. The Morgan fingerprint density at radius 3 is 2.41 bits per heavy atom. The van der Waals surface area contributed by atoms with Gasteiger partial charge >= 0.3 is 0 Å². The second-order valence-electron chi connectivity index (χ2n) is 4.66. The van der Waals surface area contributed by atoms with Crippen molar-refractivity contribution >= 4 is 38.6 Å². The molecule has 2 aromatic rings. The lowest BCUT2D eigenvalue weighted by Gasteiger charge is -2.12. The second-order valence-corrected chi connectivity index (χ2v) is 8.37. The number of nitro groups is 1. The summed E-state index contributed by atoms with van der Waals surface area (Å²) in [6, 6.07) is 9.03. The second kappa shape index (κ2) is 6.74. The van der Waals surface area contributed by atoms with Gasteiger partial charge in [-0.2, -0.15) is 0 Å². The fourth-order valence-corrected chi connectivity index (χ4v) is 4.45. The van der Waals surface area contributed by atoms with Crippen LogP contribution in [-0.4, -0.2) is 19.9 Å². The third kappa shape index (κ3) is 4.04. The van der Waals surface area contributed by atoms with E-state index in [1.807, 2.05) is 6.92 Å². The number of sulfonamides is 1. The summed E-state index contributed by atoms with van der Waals surface area (Å²) in [4.78, 5) is 10.1. The Bertz CT molecular complexity index is 772. The van der Waals surface area contributed by atoms with Gasteiger partial charge in [0.25, 0.3) is 5.69 Å². The van der Waals surface area contributed by atoms with Gasteiger partial charge in [0.1, 0.15) is 4.21 Å². The summed E-state index contributed by atoms with van der Waals surface area (Å²) in [7, 11) is -3.59. The fourth-order valence-electron chi connectivity index (χ4n) is 1.79. The van der Waals surface area contributed by atoms with Crippen molar-refractivity contribution in [3.05, 3.63) is 56.4 Å². The molecule has 1 atom stereocenters. The van der Waals surface area contributed by atoms with Crippen molar-refractivity contribution in [1.82, 2.24) is 4.72 Å². The molecule has 1 aromatic carbocycles. The molecule has 1 unspecified atom stereocenters. The number of halogens is 1. The number of thiophene rings is 1. The molecule has 0 amide bonds. The van der Waals surface area contributed by atoms with Gasteiger partial charge in [0.05, 0.1) is 9.26 Å². The van der Waals surface area contributed by atoms with Gasteiger partial charge in [0, 0.05) is 18.7 Å². The van der Waals surface area contributed by atoms with E-state index in [0.717, 1.165) is 16.9 Å². The van der Waals surface area contributed by atoms with Crippen LogP contribution in [0.3, 0.4) is 0 Å². The zero-order valence-electron chi connectivity index (χ0n) is 11.5. The Hall–Kier alpha value is -1.48. The Kier molecular flexibility index (Phi) is 5.17. The van der Waals surface area contributed by atoms with Crippen LogP contribution in [0.5, 0.6) is 0 Å². The summed E-state index contributed by atoms with van der Waals surface area (Å²) in [5.41, 5.74) is 0.822. The molecule has 0 aliphatic heterocycles. The molecule has 1 heterocycles. The molecule has 2 rings (SSSR count). The van der Waals surface area contributed by atoms with Gasteiger partial charge in [-0.05, 0) is 23.6 Å². The van der Waals surface area contributed by atoms with Gasteiger partial charge in [-0.15, -0.1) is 11.3 Å². The minimum absolute atomic E-state index is 0.00441. The van der Waals surface area contributed by atoms with E-state index in [-0.39, 0.29) is 22.4 Å². The topological polar surface area (TPSA) is 89.3 Å². The van der Waals surface area contributed by atoms with Gasteiger partial charge in [0.15, 0.2) is 0 Å². The molecule has 0 saturated heterocycles. The summed E-state index contributed by atoms with van der Waals surface area (Å²) in [5.74, 6) is -0.119. The SMILES string of the molecule is CC(CNS(=O)(=O)c1ccc(Cl)s1)c1ccc([N+](=O)[O-])cc1. The maximum atomic E-state index is 12.1. The molecule has 118 valence electrons. The average Bonchev–Trinajstić information content (AvgIpc) is 2.92. The van der Waals surface area contributed by atoms with E-state index in [0.29, 0.717) is 4.34 Å². The van der Waals surface area contributed by atoms with Gasteiger partial charge < -0.3 is 0 Å². The number of hydrogen-bond donors (Lipinski definition) is 1. The largest absolute Gasteiger partial charge is 0.269 e. The van der Waals surface area contributed by atoms with E-state index in [4.69, 9.17) is 11.6 Å². The van der Waals surface area contributed by atoms with Crippen LogP contribution >= 0.6 is 22.9 Å². The van der Waals surface area contributed by atoms with E-state index in [1.54, 1.807) is 12.1 Å². The Morgan fingerprint density at radius 2 is 1.91 bits per heavy atom. The van der Waals surface area contributed by atoms with Crippen LogP contribution in [0, 0.1) is 10.1 Å². The molecule has 9 heteroatoms. The molecule has 0 bridgehead atoms. The van der Waals surface area contributed by atoms with Crippen molar-refractivity contribution < 1.29 is 13.3 Å². The van der Waals surface area contributed by atoms with Crippen molar-refractivity contribution in [2.75, 3.05) is 6.54 Å². The fraction of sp³-hybridized carbons (Fsp3) is 0.231. The first-order valence-electron chi connectivity index (χ1n) is 6.29. The van der Waals surface area contributed by atoms with Gasteiger partial charge in [-0.3, -0.25) is 10.1 Å². The van der Waals surface area contributed by atoms with Crippen LogP contribution in [0.1, 0.15) is 18.4 Å². The van der Waals surface area contributed by atoms with Crippen molar-refractivity contribution in [2.24, 2.45) is 0 Å². The zero-order valence-corrected chi connectivity index (χ0v) is 13.9. The molecular formula is C13H13ClN2O4S2. The minimum atomic E-state index is -3.59. The maximum Gasteiger partial charge on any atom is 0.269 e. The summed E-state index contributed by atoms with van der Waals surface area (Å²) in [6.07, 6.45) is 0. The number of nitrogens with one attached hydrogen (secondary N) is 1. The van der Waals surface area contributed by atoms with Crippen molar-refractivity contribution in [1.29, 1.82) is 0 Å². The molecular weight excluding hydrogens is 348 g/mol. The van der Waals surface area contributed by atoms with E-state index < -0.39 is 14.9 Å². The molecule has 0 radical (unpaired) electrons. The van der Waals surface area contributed by atoms with Crippen LogP contribution in [-0.2, 0) is 10.0 Å². The van der Waals surface area contributed by atoms with Crippen molar-refractivity contribution in [3.63, 3.8) is 0 Å². The highest BCUT2D eigenvalue weighted by Crippen LogP contribution is 2.26. The van der Waals surface area contributed by atoms with E-state index in [2.05, 4.69) is 4.72 Å². The molecule has 6 nitrogen and oxygen atoms in total. The zero-order chi connectivity index (χ0) is 16.3. The van der Waals surface area contributed by atoms with Crippen LogP contribution < -0.4 is 4.72 Å². The minimum Gasteiger partial charge on any atom is -0.258 e. The van der Waals surface area contributed by atoms with E-state index in [1.165, 1.54) is 24.3 Å². The summed E-state index contributed by atoms with van der Waals surface area (Å²) in [5, 5.41) is 10.6. The highest BCUT2D eigenvalue weighted by atomic mass is 35.5. The van der Waals surface area contributed by atoms with Crippen LogP contribution in [0.2, 0.25) is 4.34 Å².